The molecule has 1 aliphatic heterocycles. The summed E-state index contributed by atoms with van der Waals surface area (Å²) >= 11 is 6.26. The van der Waals surface area contributed by atoms with Crippen LogP contribution in [0.5, 0.6) is 11.5 Å². The zero-order valence-corrected chi connectivity index (χ0v) is 17.5. The Labute approximate surface area is 187 Å². The third-order valence-electron chi connectivity index (χ3n) is 4.38. The Morgan fingerprint density at radius 2 is 1.91 bits per heavy atom. The number of barbiturate groups is 1. The van der Waals surface area contributed by atoms with Gasteiger partial charge in [0.25, 0.3) is 11.8 Å². The lowest BCUT2D eigenvalue weighted by molar-refractivity contribution is -0.122. The van der Waals surface area contributed by atoms with E-state index in [1.165, 1.54) is 55.7 Å². The molecule has 2 N–H and O–H groups in total. The van der Waals surface area contributed by atoms with E-state index in [2.05, 4.69) is 11.9 Å². The number of aromatic carboxylic acids is 1. The number of urea groups is 1. The summed E-state index contributed by atoms with van der Waals surface area (Å²) in [4.78, 5) is 49.4. The van der Waals surface area contributed by atoms with Crippen molar-refractivity contribution in [1.29, 1.82) is 0 Å². The van der Waals surface area contributed by atoms with Crippen molar-refractivity contribution in [3.05, 3.63) is 70.8 Å². The lowest BCUT2D eigenvalue weighted by atomic mass is 10.1. The number of nitrogens with zero attached hydrogens (tertiary/aromatic N) is 1. The minimum atomic E-state index is -1.16. The van der Waals surface area contributed by atoms with Crippen LogP contribution < -0.4 is 19.7 Å². The van der Waals surface area contributed by atoms with Crippen LogP contribution in [-0.2, 0) is 9.59 Å². The molecule has 1 saturated heterocycles. The highest BCUT2D eigenvalue weighted by Gasteiger charge is 2.37. The van der Waals surface area contributed by atoms with Gasteiger partial charge in [0.15, 0.2) is 11.5 Å². The van der Waals surface area contributed by atoms with Crippen molar-refractivity contribution in [2.45, 2.75) is 0 Å². The smallest absolute Gasteiger partial charge is 0.335 e. The first-order valence-corrected chi connectivity index (χ1v) is 9.50. The van der Waals surface area contributed by atoms with E-state index in [9.17, 15) is 19.2 Å². The van der Waals surface area contributed by atoms with Gasteiger partial charge in [-0.2, -0.15) is 0 Å². The van der Waals surface area contributed by atoms with Crippen molar-refractivity contribution < 1.29 is 33.8 Å². The molecule has 1 heterocycles. The Hall–Kier alpha value is -4.11. The summed E-state index contributed by atoms with van der Waals surface area (Å²) in [7, 11) is 1.41. The number of halogens is 1. The van der Waals surface area contributed by atoms with Crippen molar-refractivity contribution in [1.82, 2.24) is 5.32 Å². The average Bonchev–Trinajstić information content (AvgIpc) is 2.75. The molecule has 2 aromatic rings. The van der Waals surface area contributed by atoms with Crippen LogP contribution in [0, 0.1) is 0 Å². The fourth-order valence-electron chi connectivity index (χ4n) is 2.92. The molecule has 9 nitrogen and oxygen atoms in total. The summed E-state index contributed by atoms with van der Waals surface area (Å²) in [6.45, 7) is 3.75. The van der Waals surface area contributed by atoms with E-state index in [0.29, 0.717) is 5.56 Å². The molecular weight excluding hydrogens is 440 g/mol. The van der Waals surface area contributed by atoms with Gasteiger partial charge in [-0.3, -0.25) is 14.9 Å². The van der Waals surface area contributed by atoms with Gasteiger partial charge in [-0.1, -0.05) is 24.3 Å². The van der Waals surface area contributed by atoms with Crippen molar-refractivity contribution in [2.24, 2.45) is 0 Å². The van der Waals surface area contributed by atoms with E-state index in [-0.39, 0.29) is 40.0 Å². The lowest BCUT2D eigenvalue weighted by Crippen LogP contribution is -2.54. The number of carboxylic acids is 1. The zero-order valence-electron chi connectivity index (χ0n) is 16.8. The molecule has 3 rings (SSSR count). The van der Waals surface area contributed by atoms with Crippen LogP contribution in [0.1, 0.15) is 15.9 Å². The summed E-state index contributed by atoms with van der Waals surface area (Å²) in [5.74, 6) is -2.39. The third kappa shape index (κ3) is 4.47. The number of nitrogens with one attached hydrogen (secondary N) is 1. The van der Waals surface area contributed by atoms with Crippen molar-refractivity contribution in [2.75, 3.05) is 18.6 Å². The molecule has 0 atom stereocenters. The number of rotatable bonds is 7. The molecule has 4 amide bonds. The Bertz CT molecular complexity index is 1160. The van der Waals surface area contributed by atoms with Gasteiger partial charge in [0.05, 0.1) is 23.4 Å². The summed E-state index contributed by atoms with van der Waals surface area (Å²) in [6, 6.07) is 7.10. The zero-order chi connectivity index (χ0) is 23.4. The predicted octanol–water partition coefficient (Wildman–Crippen LogP) is 3.28. The molecule has 2 aromatic carbocycles. The molecule has 0 bridgehead atoms. The van der Waals surface area contributed by atoms with Gasteiger partial charge in [-0.05, 0) is 48.0 Å². The maximum Gasteiger partial charge on any atom is 0.335 e. The fraction of sp³-hybridized carbons (Fsp3) is 0.0909. The van der Waals surface area contributed by atoms with E-state index in [0.717, 1.165) is 4.90 Å². The summed E-state index contributed by atoms with van der Waals surface area (Å²) in [5.41, 5.74) is 0.0993. The maximum atomic E-state index is 13.0. The van der Waals surface area contributed by atoms with E-state index < -0.39 is 23.8 Å². The molecule has 0 aliphatic carbocycles. The Balaban J connectivity index is 1.99. The molecule has 164 valence electrons. The first-order chi connectivity index (χ1) is 15.3. The Morgan fingerprint density at radius 1 is 1.22 bits per heavy atom. The van der Waals surface area contributed by atoms with Crippen LogP contribution in [0.3, 0.4) is 0 Å². The molecule has 32 heavy (non-hydrogen) atoms. The third-order valence-corrected chi connectivity index (χ3v) is 4.66. The van der Waals surface area contributed by atoms with Gasteiger partial charge >= 0.3 is 12.0 Å². The summed E-state index contributed by atoms with van der Waals surface area (Å²) < 4.78 is 10.7. The second-order valence-corrected chi connectivity index (χ2v) is 6.85. The summed E-state index contributed by atoms with van der Waals surface area (Å²) in [6.07, 6.45) is 2.79. The first kappa shape index (κ1) is 22.6. The van der Waals surface area contributed by atoms with E-state index in [1.807, 2.05) is 0 Å². The number of benzene rings is 2. The van der Waals surface area contributed by atoms with Crippen LogP contribution in [-0.4, -0.2) is 42.6 Å². The second kappa shape index (κ2) is 9.36. The van der Waals surface area contributed by atoms with Crippen molar-refractivity contribution >= 4 is 47.2 Å². The number of imide groups is 2. The van der Waals surface area contributed by atoms with Crippen LogP contribution in [0.15, 0.2) is 54.6 Å². The molecule has 0 radical (unpaired) electrons. The van der Waals surface area contributed by atoms with Crippen LogP contribution in [0.2, 0.25) is 5.02 Å². The number of anilines is 1. The van der Waals surface area contributed by atoms with Crippen LogP contribution in [0.25, 0.3) is 6.08 Å². The van der Waals surface area contributed by atoms with Gasteiger partial charge in [0.2, 0.25) is 0 Å². The fourth-order valence-corrected chi connectivity index (χ4v) is 3.19. The lowest BCUT2D eigenvalue weighted by Gasteiger charge is -2.26. The van der Waals surface area contributed by atoms with E-state index in [4.69, 9.17) is 26.2 Å². The maximum absolute atomic E-state index is 13.0. The van der Waals surface area contributed by atoms with Gasteiger partial charge in [0, 0.05) is 0 Å². The largest absolute Gasteiger partial charge is 0.493 e. The minimum Gasteiger partial charge on any atom is -0.493 e. The number of amides is 4. The van der Waals surface area contributed by atoms with Gasteiger partial charge in [-0.25, -0.2) is 14.5 Å². The van der Waals surface area contributed by atoms with E-state index in [1.54, 1.807) is 0 Å². The molecule has 0 saturated carbocycles. The Morgan fingerprint density at radius 3 is 2.50 bits per heavy atom. The number of carboxylic acid groups (broad SMARTS) is 1. The second-order valence-electron chi connectivity index (χ2n) is 6.44. The van der Waals surface area contributed by atoms with Gasteiger partial charge in [-0.15, -0.1) is 0 Å². The quantitative estimate of drug-likeness (QED) is 0.372. The molecule has 0 unspecified atom stereocenters. The molecule has 10 heteroatoms. The normalized spacial score (nSPS) is 14.9. The van der Waals surface area contributed by atoms with Crippen LogP contribution >= 0.6 is 11.6 Å². The number of carbonyl (C=O) groups excluding carboxylic acids is 3. The predicted molar refractivity (Wildman–Crippen MR) is 116 cm³/mol. The van der Waals surface area contributed by atoms with Crippen LogP contribution in [0.4, 0.5) is 10.5 Å². The average molecular weight is 457 g/mol. The minimum absolute atomic E-state index is 0.0223. The number of hydrogen-bond acceptors (Lipinski definition) is 6. The Kier molecular flexibility index (Phi) is 6.60. The van der Waals surface area contributed by atoms with E-state index >= 15 is 0 Å². The highest BCUT2D eigenvalue weighted by Crippen LogP contribution is 2.37. The molecule has 1 aliphatic rings. The molecule has 0 aromatic heterocycles. The van der Waals surface area contributed by atoms with Crippen molar-refractivity contribution in [3.63, 3.8) is 0 Å². The first-order valence-electron chi connectivity index (χ1n) is 9.12. The highest BCUT2D eigenvalue weighted by molar-refractivity contribution is 6.39. The summed E-state index contributed by atoms with van der Waals surface area (Å²) in [5, 5.41) is 11.3. The van der Waals surface area contributed by atoms with Gasteiger partial charge in [0.1, 0.15) is 12.2 Å². The highest BCUT2D eigenvalue weighted by atomic mass is 35.5. The number of carbonyl (C=O) groups is 4. The standard InChI is InChI=1S/C22H17ClN2O7/c1-3-8-32-18-16(23)10-12(11-17(18)31-2)9-15-19(26)24-22(30)25(20(15)27)14-6-4-13(5-7-14)21(28)29/h3-7,9-11H,1,8H2,2H3,(H,28,29)(H,24,26,30). The number of ether oxygens (including phenoxy) is 2. The number of hydrogen-bond donors (Lipinski definition) is 2. The molecule has 1 fully saturated rings. The van der Waals surface area contributed by atoms with Crippen molar-refractivity contribution in [3.8, 4) is 11.5 Å². The van der Waals surface area contributed by atoms with Gasteiger partial charge < -0.3 is 14.6 Å². The molecular formula is C22H17ClN2O7. The molecule has 0 spiro atoms. The topological polar surface area (TPSA) is 122 Å². The number of methoxy groups -OCH3 is 1. The SMILES string of the molecule is C=CCOc1c(Cl)cc(C=C2C(=O)NC(=O)N(c3ccc(C(=O)O)cc3)C2=O)cc1OC. The monoisotopic (exact) mass is 456 g/mol.